The lowest BCUT2D eigenvalue weighted by Crippen LogP contribution is -2.37. The van der Waals surface area contributed by atoms with E-state index in [1.54, 1.807) is 23.0 Å². The zero-order valence-electron chi connectivity index (χ0n) is 13.8. The molecule has 1 saturated heterocycles. The smallest absolute Gasteiger partial charge is 0.390 e. The summed E-state index contributed by atoms with van der Waals surface area (Å²) in [5.41, 5.74) is 0.284. The van der Waals surface area contributed by atoms with Gasteiger partial charge in [0.25, 0.3) is 0 Å². The highest BCUT2D eigenvalue weighted by molar-refractivity contribution is 5.29. The summed E-state index contributed by atoms with van der Waals surface area (Å²) in [7, 11) is 0. The minimum absolute atomic E-state index is 0.148. The predicted octanol–water partition coefficient (Wildman–Crippen LogP) is 2.70. The minimum atomic E-state index is -4.33. The van der Waals surface area contributed by atoms with Gasteiger partial charge in [-0.05, 0) is 36.9 Å². The van der Waals surface area contributed by atoms with Gasteiger partial charge in [0.2, 0.25) is 0 Å². The topological polar surface area (TPSA) is 54.2 Å². The molecule has 8 heteroatoms. The lowest BCUT2D eigenvalue weighted by molar-refractivity contribution is -0.138. The number of nitrogens with zero attached hydrogens (tertiary/aromatic N) is 4. The molecular weight excluding hydrogens is 333 g/mol. The highest BCUT2D eigenvalue weighted by Crippen LogP contribution is 2.33. The summed E-state index contributed by atoms with van der Waals surface area (Å²) in [5, 5.41) is 16.9. The van der Waals surface area contributed by atoms with Crippen LogP contribution in [0.15, 0.2) is 30.5 Å². The van der Waals surface area contributed by atoms with Crippen molar-refractivity contribution in [2.24, 2.45) is 5.92 Å². The molecule has 1 aromatic heterocycles. The monoisotopic (exact) mass is 354 g/mol. The average Bonchev–Trinajstić information content (AvgIpc) is 3.02. The number of aliphatic hydroxyl groups excluding tert-OH is 1. The number of alkyl halides is 3. The van der Waals surface area contributed by atoms with Gasteiger partial charge in [-0.3, -0.25) is 9.58 Å². The first-order chi connectivity index (χ1) is 12.0. The van der Waals surface area contributed by atoms with Gasteiger partial charge >= 0.3 is 6.18 Å². The van der Waals surface area contributed by atoms with Gasteiger partial charge in [-0.2, -0.15) is 13.2 Å². The van der Waals surface area contributed by atoms with E-state index in [1.807, 2.05) is 0 Å². The number of aliphatic hydroxyl groups is 1. The molecule has 2 aromatic rings. The Balaban J connectivity index is 1.64. The fraction of sp³-hybridized carbons (Fsp3) is 0.529. The van der Waals surface area contributed by atoms with Crippen LogP contribution < -0.4 is 0 Å². The Morgan fingerprint density at radius 1 is 1.24 bits per heavy atom. The molecule has 0 amide bonds. The first-order valence-corrected chi connectivity index (χ1v) is 8.33. The molecule has 136 valence electrons. The molecule has 1 N–H and O–H groups in total. The standard InChI is InChI=1S/C17H21F3N4O/c18-17(19,20)16-6-2-1-5-14(16)10-23-7-3-4-13(8-23)9-24-11-15(12-25)21-22-24/h1-2,5-6,11,13,25H,3-4,7-10,12H2. The molecule has 0 radical (unpaired) electrons. The van der Waals surface area contributed by atoms with Crippen molar-refractivity contribution in [3.05, 3.63) is 47.3 Å². The number of hydrogen-bond acceptors (Lipinski definition) is 4. The number of benzene rings is 1. The summed E-state index contributed by atoms with van der Waals surface area (Å²) < 4.78 is 41.1. The molecule has 0 aliphatic carbocycles. The summed E-state index contributed by atoms with van der Waals surface area (Å²) in [6, 6.07) is 5.77. The summed E-state index contributed by atoms with van der Waals surface area (Å²) in [4.78, 5) is 2.07. The quantitative estimate of drug-likeness (QED) is 0.897. The number of likely N-dealkylation sites (tertiary alicyclic amines) is 1. The zero-order valence-corrected chi connectivity index (χ0v) is 13.8. The van der Waals surface area contributed by atoms with Crippen LogP contribution in [0.2, 0.25) is 0 Å². The van der Waals surface area contributed by atoms with Crippen LogP contribution in [-0.2, 0) is 25.9 Å². The Hall–Kier alpha value is -1.93. The van der Waals surface area contributed by atoms with Gasteiger partial charge in [0.05, 0.1) is 18.4 Å². The van der Waals surface area contributed by atoms with E-state index in [9.17, 15) is 13.2 Å². The molecular formula is C17H21F3N4O. The molecule has 25 heavy (non-hydrogen) atoms. The number of piperidine rings is 1. The third-order valence-electron chi connectivity index (χ3n) is 4.51. The molecule has 3 rings (SSSR count). The zero-order chi connectivity index (χ0) is 17.9. The molecule has 0 saturated carbocycles. The van der Waals surface area contributed by atoms with Gasteiger partial charge in [0, 0.05) is 19.6 Å². The molecule has 1 atom stereocenters. The number of hydrogen-bond donors (Lipinski definition) is 1. The number of rotatable bonds is 5. The van der Waals surface area contributed by atoms with Gasteiger partial charge in [0.15, 0.2) is 0 Å². The minimum Gasteiger partial charge on any atom is -0.390 e. The summed E-state index contributed by atoms with van der Waals surface area (Å²) >= 11 is 0. The van der Waals surface area contributed by atoms with E-state index < -0.39 is 11.7 Å². The molecule has 1 fully saturated rings. The van der Waals surface area contributed by atoms with E-state index in [-0.39, 0.29) is 6.61 Å². The Labute approximate surface area is 144 Å². The maximum Gasteiger partial charge on any atom is 0.416 e. The van der Waals surface area contributed by atoms with Crippen molar-refractivity contribution < 1.29 is 18.3 Å². The van der Waals surface area contributed by atoms with Crippen molar-refractivity contribution in [2.45, 2.75) is 38.7 Å². The highest BCUT2D eigenvalue weighted by Gasteiger charge is 2.33. The van der Waals surface area contributed by atoms with Crippen LogP contribution in [0.3, 0.4) is 0 Å². The SMILES string of the molecule is OCc1cn(CC2CCCN(Cc3ccccc3C(F)(F)F)C2)nn1. The van der Waals surface area contributed by atoms with E-state index >= 15 is 0 Å². The van der Waals surface area contributed by atoms with Crippen LogP contribution in [0.5, 0.6) is 0 Å². The average molecular weight is 354 g/mol. The van der Waals surface area contributed by atoms with Crippen LogP contribution in [0.25, 0.3) is 0 Å². The van der Waals surface area contributed by atoms with E-state index in [1.165, 1.54) is 6.07 Å². The third kappa shape index (κ3) is 4.58. The largest absolute Gasteiger partial charge is 0.416 e. The fourth-order valence-corrected chi connectivity index (χ4v) is 3.38. The van der Waals surface area contributed by atoms with E-state index in [4.69, 9.17) is 5.11 Å². The van der Waals surface area contributed by atoms with Crippen LogP contribution in [0.1, 0.15) is 29.7 Å². The molecule has 0 bridgehead atoms. The first-order valence-electron chi connectivity index (χ1n) is 8.33. The second-order valence-corrected chi connectivity index (χ2v) is 6.49. The summed E-state index contributed by atoms with van der Waals surface area (Å²) in [6.45, 7) is 2.32. The van der Waals surface area contributed by atoms with Crippen LogP contribution in [0, 0.1) is 5.92 Å². The van der Waals surface area contributed by atoms with E-state index in [2.05, 4.69) is 15.2 Å². The Morgan fingerprint density at radius 2 is 2.04 bits per heavy atom. The molecule has 1 aliphatic heterocycles. The van der Waals surface area contributed by atoms with Crippen LogP contribution >= 0.6 is 0 Å². The van der Waals surface area contributed by atoms with Gasteiger partial charge in [-0.1, -0.05) is 23.4 Å². The van der Waals surface area contributed by atoms with E-state index in [0.29, 0.717) is 30.3 Å². The van der Waals surface area contributed by atoms with Gasteiger partial charge in [-0.25, -0.2) is 0 Å². The number of aromatic nitrogens is 3. The third-order valence-corrected chi connectivity index (χ3v) is 4.51. The fourth-order valence-electron chi connectivity index (χ4n) is 3.38. The predicted molar refractivity (Wildman–Crippen MR) is 85.4 cm³/mol. The molecule has 5 nitrogen and oxygen atoms in total. The first kappa shape index (κ1) is 17.9. The van der Waals surface area contributed by atoms with Crippen molar-refractivity contribution in [1.29, 1.82) is 0 Å². The lowest BCUT2D eigenvalue weighted by atomic mass is 9.97. The summed E-state index contributed by atoms with van der Waals surface area (Å²) in [6.07, 6.45) is -0.669. The molecule has 1 aliphatic rings. The Kier molecular flexibility index (Phi) is 5.39. The van der Waals surface area contributed by atoms with Gasteiger partial charge < -0.3 is 5.11 Å². The van der Waals surface area contributed by atoms with Crippen molar-refractivity contribution in [2.75, 3.05) is 13.1 Å². The second-order valence-electron chi connectivity index (χ2n) is 6.49. The Bertz CT molecular complexity index is 701. The maximum absolute atomic E-state index is 13.1. The second kappa shape index (κ2) is 7.53. The van der Waals surface area contributed by atoms with Crippen molar-refractivity contribution in [1.82, 2.24) is 19.9 Å². The Morgan fingerprint density at radius 3 is 2.76 bits per heavy atom. The maximum atomic E-state index is 13.1. The molecule has 2 heterocycles. The van der Waals surface area contributed by atoms with E-state index in [0.717, 1.165) is 32.0 Å². The van der Waals surface area contributed by atoms with Crippen LogP contribution in [-0.4, -0.2) is 38.1 Å². The molecule has 0 spiro atoms. The highest BCUT2D eigenvalue weighted by atomic mass is 19.4. The van der Waals surface area contributed by atoms with Crippen LogP contribution in [0.4, 0.5) is 13.2 Å². The number of halogens is 3. The van der Waals surface area contributed by atoms with Gasteiger partial charge in [-0.15, -0.1) is 5.10 Å². The van der Waals surface area contributed by atoms with Gasteiger partial charge in [0.1, 0.15) is 5.69 Å². The van der Waals surface area contributed by atoms with Crippen molar-refractivity contribution in [3.8, 4) is 0 Å². The van der Waals surface area contributed by atoms with Crippen molar-refractivity contribution >= 4 is 0 Å². The normalized spacial score (nSPS) is 19.3. The summed E-state index contributed by atoms with van der Waals surface area (Å²) in [5.74, 6) is 0.306. The molecule has 1 aromatic carbocycles. The van der Waals surface area contributed by atoms with Crippen molar-refractivity contribution in [3.63, 3.8) is 0 Å². The lowest BCUT2D eigenvalue weighted by Gasteiger charge is -2.33. The molecule has 1 unspecified atom stereocenters.